The van der Waals surface area contributed by atoms with E-state index >= 15 is 0 Å². The van der Waals surface area contributed by atoms with E-state index in [9.17, 15) is 4.79 Å². The zero-order valence-electron chi connectivity index (χ0n) is 10.1. The lowest BCUT2D eigenvalue weighted by atomic mass is 10.0. The molecule has 2 aromatic rings. The van der Waals surface area contributed by atoms with Crippen molar-refractivity contribution in [3.8, 4) is 0 Å². The SMILES string of the molecule is CC(=O)Nc1c(Br)ccc2cc(C)c(C)cc12. The fourth-order valence-corrected chi connectivity index (χ4v) is 2.32. The van der Waals surface area contributed by atoms with Crippen molar-refractivity contribution in [1.82, 2.24) is 0 Å². The summed E-state index contributed by atoms with van der Waals surface area (Å²) in [4.78, 5) is 11.2. The molecule has 0 aliphatic rings. The minimum absolute atomic E-state index is 0.0589. The standard InChI is InChI=1S/C14H14BrNO/c1-8-6-11-4-5-13(15)14(16-10(3)17)12(11)7-9(8)2/h4-7H,1-3H3,(H,16,17). The molecule has 1 N–H and O–H groups in total. The van der Waals surface area contributed by atoms with Crippen LogP contribution in [0.3, 0.4) is 0 Å². The highest BCUT2D eigenvalue weighted by molar-refractivity contribution is 9.10. The number of rotatable bonds is 1. The van der Waals surface area contributed by atoms with Gasteiger partial charge in [-0.05, 0) is 58.4 Å². The molecule has 0 unspecified atom stereocenters. The molecule has 1 amide bonds. The van der Waals surface area contributed by atoms with Crippen molar-refractivity contribution in [3.63, 3.8) is 0 Å². The highest BCUT2D eigenvalue weighted by Gasteiger charge is 2.08. The summed E-state index contributed by atoms with van der Waals surface area (Å²) in [5.41, 5.74) is 3.33. The predicted molar refractivity (Wildman–Crippen MR) is 75.4 cm³/mol. The van der Waals surface area contributed by atoms with Crippen molar-refractivity contribution in [3.05, 3.63) is 39.9 Å². The first-order valence-electron chi connectivity index (χ1n) is 5.46. The second-order valence-corrected chi connectivity index (χ2v) is 5.12. The van der Waals surface area contributed by atoms with E-state index in [1.807, 2.05) is 6.07 Å². The third-order valence-electron chi connectivity index (χ3n) is 2.88. The van der Waals surface area contributed by atoms with Gasteiger partial charge in [0.1, 0.15) is 0 Å². The number of fused-ring (bicyclic) bond motifs is 1. The van der Waals surface area contributed by atoms with Gasteiger partial charge in [0, 0.05) is 16.8 Å². The molecule has 0 fully saturated rings. The molecule has 2 aromatic carbocycles. The van der Waals surface area contributed by atoms with Gasteiger partial charge >= 0.3 is 0 Å². The second kappa shape index (κ2) is 4.49. The summed E-state index contributed by atoms with van der Waals surface area (Å²) in [6.45, 7) is 5.69. The monoisotopic (exact) mass is 291 g/mol. The van der Waals surface area contributed by atoms with Crippen molar-refractivity contribution >= 4 is 38.3 Å². The average molecular weight is 292 g/mol. The van der Waals surface area contributed by atoms with Crippen molar-refractivity contribution in [2.75, 3.05) is 5.32 Å². The molecule has 0 spiro atoms. The maximum Gasteiger partial charge on any atom is 0.221 e. The molecule has 2 nitrogen and oxygen atoms in total. The van der Waals surface area contributed by atoms with Gasteiger partial charge in [0.25, 0.3) is 0 Å². The van der Waals surface area contributed by atoms with Crippen LogP contribution < -0.4 is 5.32 Å². The molecule has 0 saturated heterocycles. The molecular formula is C14H14BrNO. The van der Waals surface area contributed by atoms with Gasteiger partial charge in [-0.1, -0.05) is 12.1 Å². The predicted octanol–water partition coefficient (Wildman–Crippen LogP) is 4.18. The Hall–Kier alpha value is -1.35. The third kappa shape index (κ3) is 2.34. The number of anilines is 1. The second-order valence-electron chi connectivity index (χ2n) is 4.26. The van der Waals surface area contributed by atoms with E-state index in [1.165, 1.54) is 18.1 Å². The fourth-order valence-electron chi connectivity index (χ4n) is 1.87. The highest BCUT2D eigenvalue weighted by atomic mass is 79.9. The van der Waals surface area contributed by atoms with E-state index in [0.29, 0.717) is 0 Å². The maximum absolute atomic E-state index is 11.2. The number of carbonyl (C=O) groups is 1. The van der Waals surface area contributed by atoms with Crippen molar-refractivity contribution in [1.29, 1.82) is 0 Å². The zero-order valence-corrected chi connectivity index (χ0v) is 11.7. The van der Waals surface area contributed by atoms with Crippen LogP contribution in [0.4, 0.5) is 5.69 Å². The molecule has 0 bridgehead atoms. The van der Waals surface area contributed by atoms with E-state index in [0.717, 1.165) is 20.9 Å². The smallest absolute Gasteiger partial charge is 0.221 e. The molecule has 0 aliphatic carbocycles. The Kier molecular flexibility index (Phi) is 3.20. The molecule has 0 heterocycles. The summed E-state index contributed by atoms with van der Waals surface area (Å²) >= 11 is 3.47. The molecule has 0 saturated carbocycles. The zero-order chi connectivity index (χ0) is 12.6. The van der Waals surface area contributed by atoms with Crippen LogP contribution in [0.5, 0.6) is 0 Å². The van der Waals surface area contributed by atoms with E-state index in [1.54, 1.807) is 0 Å². The maximum atomic E-state index is 11.2. The van der Waals surface area contributed by atoms with Crippen LogP contribution in [0.1, 0.15) is 18.1 Å². The highest BCUT2D eigenvalue weighted by Crippen LogP contribution is 2.33. The first-order chi connectivity index (χ1) is 7.99. The molecule has 88 valence electrons. The number of aryl methyl sites for hydroxylation is 2. The summed E-state index contributed by atoms with van der Waals surface area (Å²) in [7, 11) is 0. The van der Waals surface area contributed by atoms with E-state index < -0.39 is 0 Å². The van der Waals surface area contributed by atoms with Crippen molar-refractivity contribution < 1.29 is 4.79 Å². The Morgan fingerprint density at radius 3 is 2.47 bits per heavy atom. The lowest BCUT2D eigenvalue weighted by molar-refractivity contribution is -0.114. The van der Waals surface area contributed by atoms with Gasteiger partial charge in [0.2, 0.25) is 5.91 Å². The summed E-state index contributed by atoms with van der Waals surface area (Å²) in [6.07, 6.45) is 0. The molecule has 0 aromatic heterocycles. The number of carbonyl (C=O) groups excluding carboxylic acids is 1. The number of nitrogens with one attached hydrogen (secondary N) is 1. The van der Waals surface area contributed by atoms with Crippen LogP contribution in [0.2, 0.25) is 0 Å². The summed E-state index contributed by atoms with van der Waals surface area (Å²) in [5, 5.41) is 5.08. The van der Waals surface area contributed by atoms with Crippen molar-refractivity contribution in [2.45, 2.75) is 20.8 Å². The molecule has 3 heteroatoms. The Morgan fingerprint density at radius 1 is 1.18 bits per heavy atom. The Labute approximate surface area is 109 Å². The van der Waals surface area contributed by atoms with E-state index in [4.69, 9.17) is 0 Å². The van der Waals surface area contributed by atoms with Gasteiger partial charge in [0.05, 0.1) is 5.69 Å². The van der Waals surface area contributed by atoms with Crippen LogP contribution in [0, 0.1) is 13.8 Å². The van der Waals surface area contributed by atoms with Crippen LogP contribution in [0.25, 0.3) is 10.8 Å². The number of hydrogen-bond acceptors (Lipinski definition) is 1. The molecule has 0 aliphatic heterocycles. The molecule has 17 heavy (non-hydrogen) atoms. The normalized spacial score (nSPS) is 10.6. The fraction of sp³-hybridized carbons (Fsp3) is 0.214. The van der Waals surface area contributed by atoms with Gasteiger partial charge < -0.3 is 5.32 Å². The van der Waals surface area contributed by atoms with Gasteiger partial charge in [-0.25, -0.2) is 0 Å². The third-order valence-corrected chi connectivity index (χ3v) is 3.55. The summed E-state index contributed by atoms with van der Waals surface area (Å²) < 4.78 is 0.906. The Bertz CT molecular complexity index is 605. The molecular weight excluding hydrogens is 278 g/mol. The molecule has 0 radical (unpaired) electrons. The van der Waals surface area contributed by atoms with Gasteiger partial charge in [-0.2, -0.15) is 0 Å². The number of halogens is 1. The largest absolute Gasteiger partial charge is 0.325 e. The first-order valence-corrected chi connectivity index (χ1v) is 6.25. The van der Waals surface area contributed by atoms with Crippen LogP contribution in [-0.2, 0) is 4.79 Å². The quantitative estimate of drug-likeness (QED) is 0.839. The minimum Gasteiger partial charge on any atom is -0.325 e. The van der Waals surface area contributed by atoms with Crippen LogP contribution in [-0.4, -0.2) is 5.91 Å². The average Bonchev–Trinajstić information content (AvgIpc) is 2.25. The van der Waals surface area contributed by atoms with Crippen LogP contribution >= 0.6 is 15.9 Å². The summed E-state index contributed by atoms with van der Waals surface area (Å²) in [5.74, 6) is -0.0589. The number of hydrogen-bond donors (Lipinski definition) is 1. The lowest BCUT2D eigenvalue weighted by Crippen LogP contribution is -2.07. The summed E-state index contributed by atoms with van der Waals surface area (Å²) in [6, 6.07) is 8.27. The van der Waals surface area contributed by atoms with Gasteiger partial charge in [-0.3, -0.25) is 4.79 Å². The van der Waals surface area contributed by atoms with Crippen LogP contribution in [0.15, 0.2) is 28.7 Å². The molecule has 0 atom stereocenters. The van der Waals surface area contributed by atoms with Crippen molar-refractivity contribution in [2.24, 2.45) is 0 Å². The Balaban J connectivity index is 2.75. The first kappa shape index (κ1) is 12.1. The topological polar surface area (TPSA) is 29.1 Å². The van der Waals surface area contributed by atoms with Gasteiger partial charge in [0.15, 0.2) is 0 Å². The minimum atomic E-state index is -0.0589. The Morgan fingerprint density at radius 2 is 1.82 bits per heavy atom. The van der Waals surface area contributed by atoms with Gasteiger partial charge in [-0.15, -0.1) is 0 Å². The lowest BCUT2D eigenvalue weighted by Gasteiger charge is -2.11. The number of benzene rings is 2. The van der Waals surface area contributed by atoms with E-state index in [-0.39, 0.29) is 5.91 Å². The van der Waals surface area contributed by atoms with E-state index in [2.05, 4.69) is 53.3 Å². The molecule has 2 rings (SSSR count). The number of amides is 1.